The van der Waals surface area contributed by atoms with E-state index in [0.29, 0.717) is 9.92 Å². The molecule has 2 aromatic heterocycles. The minimum Gasteiger partial charge on any atom is -0.360 e. The molecule has 7 heteroatoms. The number of hydrogen-bond acceptors (Lipinski definition) is 3. The van der Waals surface area contributed by atoms with Crippen LogP contribution in [-0.4, -0.2) is 13.6 Å². The minimum atomic E-state index is -1.32. The second kappa shape index (κ2) is 4.72. The van der Waals surface area contributed by atoms with Crippen molar-refractivity contribution >= 4 is 50.7 Å². The quantitative estimate of drug-likeness (QED) is 0.778. The van der Waals surface area contributed by atoms with Crippen LogP contribution < -0.4 is 4.72 Å². The number of rotatable bonds is 3. The van der Waals surface area contributed by atoms with Gasteiger partial charge in [0.15, 0.2) is 11.0 Å². The van der Waals surface area contributed by atoms with Crippen LogP contribution in [0.2, 0.25) is 5.02 Å². The predicted molar refractivity (Wildman–Crippen MR) is 75.5 cm³/mol. The molecule has 0 aliphatic carbocycles. The highest BCUT2D eigenvalue weighted by Crippen LogP contribution is 2.25. The lowest BCUT2D eigenvalue weighted by atomic mass is 10.2. The van der Waals surface area contributed by atoms with Crippen LogP contribution >= 0.6 is 23.1 Å². The summed E-state index contributed by atoms with van der Waals surface area (Å²) in [5.41, 5.74) is 1.62. The van der Waals surface area contributed by atoms with Gasteiger partial charge in [0.2, 0.25) is 0 Å². The molecular formula is C11H8ClN3OS2. The lowest BCUT2D eigenvalue weighted by molar-refractivity contribution is 0.687. The van der Waals surface area contributed by atoms with Crippen molar-refractivity contribution in [3.8, 4) is 0 Å². The largest absolute Gasteiger partial charge is 0.360 e. The van der Waals surface area contributed by atoms with Crippen LogP contribution in [0.25, 0.3) is 10.9 Å². The molecule has 0 spiro atoms. The van der Waals surface area contributed by atoms with Crippen LogP contribution in [0.5, 0.6) is 0 Å². The van der Waals surface area contributed by atoms with Crippen molar-refractivity contribution in [1.29, 1.82) is 0 Å². The number of nitrogens with zero attached hydrogens (tertiary/aromatic N) is 1. The molecule has 18 heavy (non-hydrogen) atoms. The smallest absolute Gasteiger partial charge is 0.152 e. The highest BCUT2D eigenvalue weighted by molar-refractivity contribution is 7.86. The number of anilines is 1. The Morgan fingerprint density at radius 2 is 2.33 bits per heavy atom. The standard InChI is InChI=1S/C11H8ClN3OS2/c12-7-1-2-9-10(3-7)13-5-11(9)18(16)15-8-4-14-17-6-8/h1-6,13,15H. The summed E-state index contributed by atoms with van der Waals surface area (Å²) < 4.78 is 19.0. The van der Waals surface area contributed by atoms with Crippen LogP contribution in [0.15, 0.2) is 40.9 Å². The van der Waals surface area contributed by atoms with E-state index in [1.54, 1.807) is 18.5 Å². The molecule has 2 N–H and O–H groups in total. The molecule has 1 atom stereocenters. The first-order chi connectivity index (χ1) is 8.74. The van der Waals surface area contributed by atoms with Gasteiger partial charge in [0.25, 0.3) is 0 Å². The fourth-order valence-electron chi connectivity index (χ4n) is 1.64. The maximum Gasteiger partial charge on any atom is 0.152 e. The first-order valence-corrected chi connectivity index (χ1v) is 7.45. The fourth-order valence-corrected chi connectivity index (χ4v) is 3.34. The normalized spacial score (nSPS) is 12.7. The Bertz CT molecular complexity index is 708. The first-order valence-electron chi connectivity index (χ1n) is 5.08. The zero-order valence-electron chi connectivity index (χ0n) is 9.01. The van der Waals surface area contributed by atoms with Crippen molar-refractivity contribution < 1.29 is 4.21 Å². The van der Waals surface area contributed by atoms with Crippen molar-refractivity contribution in [2.45, 2.75) is 4.90 Å². The fraction of sp³-hybridized carbons (Fsp3) is 0. The van der Waals surface area contributed by atoms with Crippen molar-refractivity contribution in [2.24, 2.45) is 0 Å². The van der Waals surface area contributed by atoms with Crippen LogP contribution in [0.4, 0.5) is 5.69 Å². The third-order valence-electron chi connectivity index (χ3n) is 2.45. The van der Waals surface area contributed by atoms with Crippen molar-refractivity contribution in [2.75, 3.05) is 4.72 Å². The monoisotopic (exact) mass is 297 g/mol. The third kappa shape index (κ3) is 2.14. The van der Waals surface area contributed by atoms with Crippen LogP contribution in [0.3, 0.4) is 0 Å². The molecule has 2 heterocycles. The van der Waals surface area contributed by atoms with Gasteiger partial charge in [0, 0.05) is 27.5 Å². The van der Waals surface area contributed by atoms with E-state index >= 15 is 0 Å². The van der Waals surface area contributed by atoms with Crippen LogP contribution in [-0.2, 0) is 11.0 Å². The van der Waals surface area contributed by atoms with E-state index in [0.717, 1.165) is 16.6 Å². The molecule has 1 unspecified atom stereocenters. The van der Waals surface area contributed by atoms with Crippen LogP contribution in [0.1, 0.15) is 0 Å². The van der Waals surface area contributed by atoms with Crippen molar-refractivity contribution in [3.63, 3.8) is 0 Å². The Balaban J connectivity index is 1.97. The van der Waals surface area contributed by atoms with E-state index in [9.17, 15) is 4.21 Å². The van der Waals surface area contributed by atoms with E-state index < -0.39 is 11.0 Å². The molecule has 0 amide bonds. The summed E-state index contributed by atoms with van der Waals surface area (Å²) in [4.78, 5) is 3.76. The van der Waals surface area contributed by atoms with Crippen LogP contribution in [0, 0.1) is 0 Å². The molecule has 0 radical (unpaired) electrons. The van der Waals surface area contributed by atoms with Gasteiger partial charge in [-0.05, 0) is 23.7 Å². The number of hydrogen-bond donors (Lipinski definition) is 2. The van der Waals surface area contributed by atoms with Gasteiger partial charge in [-0.2, -0.15) is 4.37 Å². The molecule has 0 fully saturated rings. The zero-order valence-corrected chi connectivity index (χ0v) is 11.4. The third-order valence-corrected chi connectivity index (χ3v) is 4.43. The summed E-state index contributed by atoms with van der Waals surface area (Å²) in [7, 11) is -1.32. The Labute approximate surface area is 115 Å². The van der Waals surface area contributed by atoms with Gasteiger partial charge in [-0.15, -0.1) is 0 Å². The van der Waals surface area contributed by atoms with E-state index in [2.05, 4.69) is 14.1 Å². The van der Waals surface area contributed by atoms with E-state index in [-0.39, 0.29) is 0 Å². The molecule has 0 saturated carbocycles. The second-order valence-electron chi connectivity index (χ2n) is 3.63. The van der Waals surface area contributed by atoms with E-state index in [4.69, 9.17) is 11.6 Å². The molecule has 0 bridgehead atoms. The Hall–Kier alpha value is -1.37. The minimum absolute atomic E-state index is 0.650. The Morgan fingerprint density at radius 3 is 3.11 bits per heavy atom. The predicted octanol–water partition coefficient (Wildman–Crippen LogP) is 3.41. The lowest BCUT2D eigenvalue weighted by Gasteiger charge is -2.01. The first kappa shape index (κ1) is 11.7. The van der Waals surface area contributed by atoms with Gasteiger partial charge in [-0.25, -0.2) is 4.21 Å². The molecule has 92 valence electrons. The maximum atomic E-state index is 12.2. The molecule has 3 aromatic rings. The number of aromatic nitrogens is 2. The molecule has 0 aliphatic heterocycles. The van der Waals surface area contributed by atoms with Crippen molar-refractivity contribution in [1.82, 2.24) is 9.36 Å². The highest BCUT2D eigenvalue weighted by atomic mass is 35.5. The lowest BCUT2D eigenvalue weighted by Crippen LogP contribution is -2.03. The molecule has 0 saturated heterocycles. The van der Waals surface area contributed by atoms with Gasteiger partial charge in [-0.3, -0.25) is 4.72 Å². The summed E-state index contributed by atoms with van der Waals surface area (Å²) in [6.07, 6.45) is 3.37. The van der Waals surface area contributed by atoms with Gasteiger partial charge in [0.05, 0.1) is 16.8 Å². The Morgan fingerprint density at radius 1 is 1.44 bits per heavy atom. The summed E-state index contributed by atoms with van der Waals surface area (Å²) in [5.74, 6) is 0. The van der Waals surface area contributed by atoms with Gasteiger partial charge >= 0.3 is 0 Å². The summed E-state index contributed by atoms with van der Waals surface area (Å²) in [6.45, 7) is 0. The second-order valence-corrected chi connectivity index (χ2v) is 5.90. The topological polar surface area (TPSA) is 57.8 Å². The molecule has 1 aromatic carbocycles. The number of fused-ring (bicyclic) bond motifs is 1. The van der Waals surface area contributed by atoms with Gasteiger partial charge < -0.3 is 4.98 Å². The average molecular weight is 298 g/mol. The van der Waals surface area contributed by atoms with E-state index in [1.165, 1.54) is 11.5 Å². The highest BCUT2D eigenvalue weighted by Gasteiger charge is 2.11. The van der Waals surface area contributed by atoms with Gasteiger partial charge in [-0.1, -0.05) is 17.7 Å². The number of H-pyrrole nitrogens is 1. The molecule has 4 nitrogen and oxygen atoms in total. The average Bonchev–Trinajstić information content (AvgIpc) is 2.97. The number of halogens is 1. The van der Waals surface area contributed by atoms with E-state index in [1.807, 2.05) is 17.5 Å². The summed E-state index contributed by atoms with van der Waals surface area (Å²) >= 11 is 7.22. The maximum absolute atomic E-state index is 12.2. The summed E-state index contributed by atoms with van der Waals surface area (Å²) in [6, 6.07) is 5.45. The van der Waals surface area contributed by atoms with Gasteiger partial charge in [0.1, 0.15) is 0 Å². The number of benzene rings is 1. The molecular weight excluding hydrogens is 290 g/mol. The Kier molecular flexibility index (Phi) is 3.07. The number of aromatic amines is 1. The summed E-state index contributed by atoms with van der Waals surface area (Å²) in [5, 5.41) is 3.36. The molecule has 0 aliphatic rings. The molecule has 3 rings (SSSR count). The SMILES string of the molecule is O=S(Nc1cnsc1)c1c[nH]c2cc(Cl)ccc12. The number of nitrogens with one attached hydrogen (secondary N) is 2. The zero-order chi connectivity index (χ0) is 12.5. The van der Waals surface area contributed by atoms with Crippen molar-refractivity contribution in [3.05, 3.63) is 41.0 Å².